The van der Waals surface area contributed by atoms with E-state index in [4.69, 9.17) is 10.5 Å². The molecule has 0 saturated carbocycles. The Hall–Kier alpha value is -8.17. The number of amides is 6. The van der Waals surface area contributed by atoms with Crippen LogP contribution in [0.5, 0.6) is 0 Å². The first kappa shape index (κ1) is 53.2. The normalized spacial score (nSPS) is 19.6. The number of halogens is 1. The molecule has 5 aromatic rings. The largest absolute Gasteiger partial charge is 0.442 e. The summed E-state index contributed by atoms with van der Waals surface area (Å²) in [5, 5.41) is 12.5. The second-order valence-corrected chi connectivity index (χ2v) is 20.9. The molecule has 3 aromatic carbocycles. The third kappa shape index (κ3) is 12.8. The van der Waals surface area contributed by atoms with Crippen LogP contribution >= 0.6 is 0 Å². The Kier molecular flexibility index (Phi) is 16.4. The van der Waals surface area contributed by atoms with Crippen molar-refractivity contribution in [3.63, 3.8) is 0 Å². The number of nitrogens with zero attached hydrogens (tertiary/aromatic N) is 8. The van der Waals surface area contributed by atoms with Crippen molar-refractivity contribution in [3.05, 3.63) is 132 Å². The molecule has 1 unspecified atom stereocenters. The molecule has 2 atom stereocenters. The number of nitrogen functional groups attached to an aromatic ring is 1. The zero-order chi connectivity index (χ0) is 54.3. The summed E-state index contributed by atoms with van der Waals surface area (Å²) in [7, 11) is 0. The molecule has 10 rings (SSSR count). The standard InChI is InChI=1S/C57H63FN12O8/c58-41-9-11-42(12-10-41)63-55(75)52(39-6-2-1-3-7-39)78-57(77)51-53(59)60-33-46(64-51)40-32-61-69(35-40)44-20-25-67(26-21-44)34-37-16-23-66(24-17-37)22-15-36-18-27-68(28-19-36)49(72)30-38-5-4-8-43(29-38)62-45-31-50(73)70(56(45)76)47-13-14-48(71)65-54(47)74/h1-12,29,31-33,35-37,44,47,52,62H,13-28,30,34H2,(H2,59,60)(H,63,75)(H,65,71,74)/t47?,52-/m1/s1. The van der Waals surface area contributed by atoms with Crippen LogP contribution in [0.3, 0.4) is 0 Å². The van der Waals surface area contributed by atoms with E-state index in [0.717, 1.165) is 101 Å². The number of benzene rings is 3. The molecule has 20 nitrogen and oxygen atoms in total. The summed E-state index contributed by atoms with van der Waals surface area (Å²) in [6.45, 7) is 7.73. The van der Waals surface area contributed by atoms with Gasteiger partial charge in [-0.3, -0.25) is 43.7 Å². The van der Waals surface area contributed by atoms with Gasteiger partial charge in [0.1, 0.15) is 17.6 Å². The van der Waals surface area contributed by atoms with Gasteiger partial charge in [0.2, 0.25) is 23.8 Å². The van der Waals surface area contributed by atoms with Crippen LogP contribution in [0.1, 0.15) is 91.5 Å². The Bertz CT molecular complexity index is 3070. The van der Waals surface area contributed by atoms with Crippen LogP contribution in [-0.2, 0) is 39.9 Å². The van der Waals surface area contributed by atoms with E-state index in [-0.39, 0.29) is 48.4 Å². The third-order valence-corrected chi connectivity index (χ3v) is 15.6. The lowest BCUT2D eigenvalue weighted by Crippen LogP contribution is -2.54. The summed E-state index contributed by atoms with van der Waals surface area (Å²) in [6, 6.07) is 20.1. The summed E-state index contributed by atoms with van der Waals surface area (Å²) in [5.41, 5.74) is 9.05. The molecular weight excluding hydrogens is 1000 g/mol. The molecule has 406 valence electrons. The Morgan fingerprint density at radius 1 is 0.808 bits per heavy atom. The van der Waals surface area contributed by atoms with E-state index in [1.165, 1.54) is 43.3 Å². The smallest absolute Gasteiger partial charge is 0.361 e. The van der Waals surface area contributed by atoms with Crippen LogP contribution in [0, 0.1) is 17.7 Å². The molecule has 0 spiro atoms. The van der Waals surface area contributed by atoms with Gasteiger partial charge >= 0.3 is 5.97 Å². The van der Waals surface area contributed by atoms with Crippen molar-refractivity contribution < 1.29 is 42.7 Å². The van der Waals surface area contributed by atoms with Gasteiger partial charge in [-0.25, -0.2) is 19.2 Å². The number of anilines is 3. The maximum atomic E-state index is 13.6. The van der Waals surface area contributed by atoms with Crippen molar-refractivity contribution in [1.82, 2.24) is 44.7 Å². The van der Waals surface area contributed by atoms with E-state index in [0.29, 0.717) is 40.0 Å². The summed E-state index contributed by atoms with van der Waals surface area (Å²) in [4.78, 5) is 107. The fourth-order valence-electron chi connectivity index (χ4n) is 11.1. The summed E-state index contributed by atoms with van der Waals surface area (Å²) in [5.74, 6) is -3.26. The first-order chi connectivity index (χ1) is 37.8. The van der Waals surface area contributed by atoms with Gasteiger partial charge in [0.05, 0.1) is 30.6 Å². The summed E-state index contributed by atoms with van der Waals surface area (Å²) >= 11 is 0. The van der Waals surface area contributed by atoms with Crippen LogP contribution in [-0.4, -0.2) is 139 Å². The number of nitrogens with one attached hydrogen (secondary N) is 3. The molecule has 4 fully saturated rings. The molecule has 5 N–H and O–H groups in total. The van der Waals surface area contributed by atoms with Crippen molar-refractivity contribution in [1.29, 1.82) is 0 Å². The minimum absolute atomic E-state index is 0.0270. The average Bonchev–Trinajstić information content (AvgIpc) is 4.15. The van der Waals surface area contributed by atoms with Gasteiger partial charge in [0, 0.05) is 73.9 Å². The van der Waals surface area contributed by atoms with Gasteiger partial charge in [0.15, 0.2) is 11.5 Å². The molecule has 0 radical (unpaired) electrons. The maximum absolute atomic E-state index is 13.6. The quantitative estimate of drug-likeness (QED) is 0.0683. The van der Waals surface area contributed by atoms with Crippen molar-refractivity contribution >= 4 is 58.6 Å². The van der Waals surface area contributed by atoms with E-state index >= 15 is 0 Å². The first-order valence-corrected chi connectivity index (χ1v) is 26.8. The number of likely N-dealkylation sites (tertiary alicyclic amines) is 3. The number of nitrogens with two attached hydrogens (primary N) is 1. The van der Waals surface area contributed by atoms with Crippen molar-refractivity contribution in [2.45, 2.75) is 82.4 Å². The lowest BCUT2D eigenvalue weighted by atomic mass is 9.91. The fourth-order valence-corrected chi connectivity index (χ4v) is 11.1. The zero-order valence-corrected chi connectivity index (χ0v) is 43.2. The maximum Gasteiger partial charge on any atom is 0.361 e. The van der Waals surface area contributed by atoms with Crippen molar-refractivity contribution in [3.8, 4) is 11.3 Å². The molecule has 0 bridgehead atoms. The molecular formula is C57H63FN12O8. The Morgan fingerprint density at radius 2 is 1.54 bits per heavy atom. The van der Waals surface area contributed by atoms with Crippen LogP contribution in [0.15, 0.2) is 109 Å². The monoisotopic (exact) mass is 1060 g/mol. The lowest BCUT2D eigenvalue weighted by molar-refractivity contribution is -0.149. The minimum Gasteiger partial charge on any atom is -0.442 e. The van der Waals surface area contributed by atoms with Crippen LogP contribution in [0.2, 0.25) is 0 Å². The Labute approximate surface area is 450 Å². The van der Waals surface area contributed by atoms with E-state index in [1.54, 1.807) is 54.7 Å². The van der Waals surface area contributed by atoms with E-state index < -0.39 is 53.5 Å². The summed E-state index contributed by atoms with van der Waals surface area (Å²) in [6.07, 6.45) is 12.5. The predicted octanol–water partition coefficient (Wildman–Crippen LogP) is 5.29. The Morgan fingerprint density at radius 3 is 2.28 bits per heavy atom. The minimum atomic E-state index is -1.36. The predicted molar refractivity (Wildman–Crippen MR) is 285 cm³/mol. The highest BCUT2D eigenvalue weighted by molar-refractivity contribution is 6.20. The SMILES string of the molecule is Nc1ncc(-c2cnn(C3CCN(CC4CCN(CCC5CCN(C(=O)Cc6cccc(NC7=CC(=O)N(C8CCC(=O)NC8=O)C7=O)c6)CC5)CC4)CC3)c2)nc1C(=O)O[C@@H](C(=O)Nc1ccc(F)cc1)c1ccccc1. The number of aromatic nitrogens is 4. The van der Waals surface area contributed by atoms with Gasteiger partial charge in [-0.05, 0) is 125 Å². The van der Waals surface area contributed by atoms with Gasteiger partial charge in [-0.2, -0.15) is 5.10 Å². The number of piperidine rings is 4. The third-order valence-electron chi connectivity index (χ3n) is 15.6. The highest BCUT2D eigenvalue weighted by Crippen LogP contribution is 2.30. The average molecular weight is 1060 g/mol. The molecule has 0 aliphatic carbocycles. The van der Waals surface area contributed by atoms with E-state index in [2.05, 4.69) is 40.8 Å². The number of ether oxygens (including phenoxy) is 1. The summed E-state index contributed by atoms with van der Waals surface area (Å²) < 4.78 is 21.2. The van der Waals surface area contributed by atoms with Gasteiger partial charge in [-0.1, -0.05) is 42.5 Å². The van der Waals surface area contributed by atoms with E-state index in [9.17, 15) is 38.0 Å². The topological polar surface area (TPSA) is 247 Å². The number of hydrogen-bond acceptors (Lipinski definition) is 15. The molecule has 2 aromatic heterocycles. The van der Waals surface area contributed by atoms with Crippen molar-refractivity contribution in [2.75, 3.05) is 68.7 Å². The number of carbonyl (C=O) groups excluding carboxylic acids is 7. The highest BCUT2D eigenvalue weighted by Gasteiger charge is 2.42. The molecule has 5 aliphatic heterocycles. The zero-order valence-electron chi connectivity index (χ0n) is 43.2. The molecule has 21 heteroatoms. The van der Waals surface area contributed by atoms with Crippen molar-refractivity contribution in [2.24, 2.45) is 11.8 Å². The van der Waals surface area contributed by atoms with E-state index in [1.807, 2.05) is 21.8 Å². The highest BCUT2D eigenvalue weighted by atomic mass is 19.1. The number of hydrogen-bond donors (Lipinski definition) is 4. The lowest BCUT2D eigenvalue weighted by Gasteiger charge is -2.38. The van der Waals surface area contributed by atoms with Gasteiger partial charge in [0.25, 0.3) is 17.7 Å². The number of carbonyl (C=O) groups is 7. The van der Waals surface area contributed by atoms with Crippen LogP contribution < -0.4 is 21.7 Å². The number of imide groups is 2. The van der Waals surface area contributed by atoms with Gasteiger partial charge < -0.3 is 35.8 Å². The van der Waals surface area contributed by atoms with Crippen LogP contribution in [0.25, 0.3) is 11.3 Å². The second kappa shape index (κ2) is 24.0. The fraction of sp³-hybridized carbons (Fsp3) is 0.404. The molecule has 6 amide bonds. The molecule has 78 heavy (non-hydrogen) atoms. The Balaban J connectivity index is 0.624. The number of esters is 1. The molecule has 5 aliphatic rings. The first-order valence-electron chi connectivity index (χ1n) is 26.8. The van der Waals surface area contributed by atoms with Gasteiger partial charge in [-0.15, -0.1) is 0 Å². The molecule has 4 saturated heterocycles. The molecule has 7 heterocycles. The second-order valence-electron chi connectivity index (χ2n) is 20.9. The number of rotatable bonds is 17. The van der Waals surface area contributed by atoms with Crippen LogP contribution in [0.4, 0.5) is 21.6 Å².